The average Bonchev–Trinajstić information content (AvgIpc) is 2.27. The molecule has 0 radical (unpaired) electrons. The Morgan fingerprint density at radius 1 is 1.00 bits per heavy atom. The minimum atomic E-state index is 0.0134. The smallest absolute Gasteiger partial charge is 0.224 e. The zero-order valence-electron chi connectivity index (χ0n) is 9.83. The first kappa shape index (κ1) is 11.8. The molecule has 0 saturated carbocycles. The topological polar surface area (TPSA) is 129 Å². The van der Waals surface area contributed by atoms with E-state index in [0.717, 1.165) is 5.56 Å². The van der Waals surface area contributed by atoms with Gasteiger partial charge in [-0.3, -0.25) is 0 Å². The third-order valence-corrected chi connectivity index (χ3v) is 2.22. The van der Waals surface area contributed by atoms with Gasteiger partial charge in [-0.05, 0) is 24.6 Å². The second-order valence-electron chi connectivity index (χ2n) is 3.74. The molecule has 92 valence electrons. The fourth-order valence-electron chi connectivity index (χ4n) is 1.41. The van der Waals surface area contributed by atoms with E-state index in [1.165, 1.54) is 0 Å². The molecule has 2 rings (SSSR count). The number of nitrogens with two attached hydrogens (primary N) is 3. The minimum absolute atomic E-state index is 0.0134. The van der Waals surface area contributed by atoms with Crippen molar-refractivity contribution in [2.75, 3.05) is 17.2 Å². The number of hydrogen-bond donors (Lipinski definition) is 3. The van der Waals surface area contributed by atoms with E-state index in [-0.39, 0.29) is 23.3 Å². The minimum Gasteiger partial charge on any atom is -0.382 e. The molecule has 1 aromatic heterocycles. The number of hydrogen-bond acceptors (Lipinski definition) is 7. The summed E-state index contributed by atoms with van der Waals surface area (Å²) in [6.07, 6.45) is 0. The van der Waals surface area contributed by atoms with Crippen LogP contribution >= 0.6 is 0 Å². The van der Waals surface area contributed by atoms with Gasteiger partial charge in [0.05, 0.1) is 5.69 Å². The van der Waals surface area contributed by atoms with E-state index in [2.05, 4.69) is 20.2 Å². The van der Waals surface area contributed by atoms with Crippen LogP contribution < -0.4 is 17.2 Å². The third-order valence-electron chi connectivity index (χ3n) is 2.22. The Balaban J connectivity index is 2.35. The number of rotatable bonds is 2. The van der Waals surface area contributed by atoms with Crippen LogP contribution in [0.2, 0.25) is 0 Å². The molecular formula is C11H13N7. The van der Waals surface area contributed by atoms with Crippen LogP contribution in [0.3, 0.4) is 0 Å². The van der Waals surface area contributed by atoms with Crippen molar-refractivity contribution in [2.24, 2.45) is 10.2 Å². The van der Waals surface area contributed by atoms with Gasteiger partial charge in [0, 0.05) is 0 Å². The monoisotopic (exact) mass is 243 g/mol. The molecule has 0 atom stereocenters. The number of nitrogens with zero attached hydrogens (tertiary/aromatic N) is 4. The van der Waals surface area contributed by atoms with E-state index in [0.29, 0.717) is 5.69 Å². The molecule has 0 spiro atoms. The van der Waals surface area contributed by atoms with Gasteiger partial charge in [-0.2, -0.15) is 15.1 Å². The Morgan fingerprint density at radius 2 is 1.67 bits per heavy atom. The number of aryl methyl sites for hydroxylation is 1. The molecule has 0 aliphatic rings. The van der Waals surface area contributed by atoms with Crippen LogP contribution in [0.4, 0.5) is 29.0 Å². The summed E-state index contributed by atoms with van der Waals surface area (Å²) >= 11 is 0. The van der Waals surface area contributed by atoms with Gasteiger partial charge >= 0.3 is 0 Å². The summed E-state index contributed by atoms with van der Waals surface area (Å²) < 4.78 is 0. The van der Waals surface area contributed by atoms with Gasteiger partial charge in [-0.25, -0.2) is 0 Å². The molecule has 0 aliphatic carbocycles. The first-order valence-corrected chi connectivity index (χ1v) is 5.23. The van der Waals surface area contributed by atoms with E-state index >= 15 is 0 Å². The fourth-order valence-corrected chi connectivity index (χ4v) is 1.41. The highest BCUT2D eigenvalue weighted by Gasteiger charge is 2.07. The van der Waals surface area contributed by atoms with Crippen LogP contribution in [0, 0.1) is 6.92 Å². The lowest BCUT2D eigenvalue weighted by molar-refractivity contribution is 1.15. The molecule has 0 fully saturated rings. The van der Waals surface area contributed by atoms with E-state index in [4.69, 9.17) is 17.2 Å². The van der Waals surface area contributed by atoms with E-state index in [1.807, 2.05) is 31.2 Å². The molecule has 0 unspecified atom stereocenters. The number of benzene rings is 1. The van der Waals surface area contributed by atoms with Crippen LogP contribution in [0.15, 0.2) is 34.5 Å². The summed E-state index contributed by atoms with van der Waals surface area (Å²) in [5, 5.41) is 7.99. The van der Waals surface area contributed by atoms with Crippen LogP contribution in [0.25, 0.3) is 0 Å². The number of azo groups is 1. The van der Waals surface area contributed by atoms with Gasteiger partial charge in [0.1, 0.15) is 0 Å². The van der Waals surface area contributed by atoms with Crippen molar-refractivity contribution in [3.05, 3.63) is 29.8 Å². The average molecular weight is 243 g/mol. The summed E-state index contributed by atoms with van der Waals surface area (Å²) in [6.45, 7) is 1.97. The molecule has 0 amide bonds. The van der Waals surface area contributed by atoms with Crippen molar-refractivity contribution in [2.45, 2.75) is 6.92 Å². The fraction of sp³-hybridized carbons (Fsp3) is 0.0909. The zero-order valence-corrected chi connectivity index (χ0v) is 9.83. The summed E-state index contributed by atoms with van der Waals surface area (Å²) in [6, 6.07) is 7.55. The van der Waals surface area contributed by atoms with Gasteiger partial charge in [0.15, 0.2) is 17.3 Å². The molecule has 7 heteroatoms. The largest absolute Gasteiger partial charge is 0.382 e. The molecule has 18 heavy (non-hydrogen) atoms. The predicted octanol–water partition coefficient (Wildman–Crippen LogP) is 1.95. The van der Waals surface area contributed by atoms with Crippen LogP contribution in [0.5, 0.6) is 0 Å². The molecule has 0 saturated heterocycles. The van der Waals surface area contributed by atoms with Crippen molar-refractivity contribution in [1.29, 1.82) is 0 Å². The van der Waals surface area contributed by atoms with E-state index in [1.54, 1.807) is 0 Å². The zero-order chi connectivity index (χ0) is 13.1. The Morgan fingerprint density at radius 3 is 2.28 bits per heavy atom. The van der Waals surface area contributed by atoms with Gasteiger partial charge in [0.25, 0.3) is 0 Å². The summed E-state index contributed by atoms with van der Waals surface area (Å²) in [4.78, 5) is 7.55. The second-order valence-corrected chi connectivity index (χ2v) is 3.74. The molecule has 7 nitrogen and oxygen atoms in total. The van der Waals surface area contributed by atoms with Gasteiger partial charge in [0.2, 0.25) is 5.95 Å². The number of anilines is 3. The Bertz CT molecular complexity index is 583. The van der Waals surface area contributed by atoms with Crippen LogP contribution in [-0.4, -0.2) is 9.97 Å². The Hall–Kier alpha value is -2.70. The first-order valence-electron chi connectivity index (χ1n) is 5.23. The highest BCUT2D eigenvalue weighted by atomic mass is 15.2. The quantitative estimate of drug-likeness (QED) is 0.694. The molecular weight excluding hydrogens is 230 g/mol. The second kappa shape index (κ2) is 4.66. The van der Waals surface area contributed by atoms with Crippen LogP contribution in [0.1, 0.15) is 5.56 Å². The Labute approximate surface area is 104 Å². The number of nitrogen functional groups attached to an aromatic ring is 3. The first-order chi connectivity index (χ1) is 8.56. The van der Waals surface area contributed by atoms with Crippen molar-refractivity contribution in [3.63, 3.8) is 0 Å². The standard InChI is InChI=1S/C11H13N7/c1-6-3-2-4-7(5-6)17-18-8-9(12)15-11(14)16-10(8)13/h2-5H,1H3,(H6,12,13,14,15,16). The lowest BCUT2D eigenvalue weighted by Gasteiger charge is -2.02. The summed E-state index contributed by atoms with van der Waals surface area (Å²) in [5.41, 5.74) is 18.7. The highest BCUT2D eigenvalue weighted by Crippen LogP contribution is 2.28. The maximum absolute atomic E-state index is 5.65. The van der Waals surface area contributed by atoms with Crippen molar-refractivity contribution in [3.8, 4) is 0 Å². The lowest BCUT2D eigenvalue weighted by atomic mass is 10.2. The van der Waals surface area contributed by atoms with Crippen molar-refractivity contribution < 1.29 is 0 Å². The van der Waals surface area contributed by atoms with Crippen molar-refractivity contribution >= 4 is 29.0 Å². The van der Waals surface area contributed by atoms with E-state index < -0.39 is 0 Å². The molecule has 6 N–H and O–H groups in total. The predicted molar refractivity (Wildman–Crippen MR) is 70.6 cm³/mol. The number of aromatic nitrogens is 2. The van der Waals surface area contributed by atoms with Crippen molar-refractivity contribution in [1.82, 2.24) is 9.97 Å². The highest BCUT2D eigenvalue weighted by molar-refractivity contribution is 5.71. The molecule has 1 heterocycles. The third kappa shape index (κ3) is 2.51. The molecule has 1 aromatic carbocycles. The Kier molecular flexibility index (Phi) is 3.05. The van der Waals surface area contributed by atoms with Gasteiger partial charge in [-0.15, -0.1) is 5.11 Å². The summed E-state index contributed by atoms with van der Waals surface area (Å²) in [5.74, 6) is 0.229. The normalized spacial score (nSPS) is 10.9. The molecule has 0 bridgehead atoms. The lowest BCUT2D eigenvalue weighted by Crippen LogP contribution is -2.03. The maximum Gasteiger partial charge on any atom is 0.224 e. The van der Waals surface area contributed by atoms with Gasteiger partial charge < -0.3 is 17.2 Å². The maximum atomic E-state index is 5.65. The molecule has 0 aliphatic heterocycles. The van der Waals surface area contributed by atoms with E-state index in [9.17, 15) is 0 Å². The molecule has 2 aromatic rings. The van der Waals surface area contributed by atoms with Gasteiger partial charge in [-0.1, -0.05) is 12.1 Å². The van der Waals surface area contributed by atoms with Crippen LogP contribution in [-0.2, 0) is 0 Å². The summed E-state index contributed by atoms with van der Waals surface area (Å²) in [7, 11) is 0. The SMILES string of the molecule is Cc1cccc(N=Nc2c(N)nc(N)nc2N)c1.